The van der Waals surface area contributed by atoms with Crippen LogP contribution in [0.4, 0.5) is 0 Å². The summed E-state index contributed by atoms with van der Waals surface area (Å²) < 4.78 is 3.35. The van der Waals surface area contributed by atoms with Crippen molar-refractivity contribution < 1.29 is 0 Å². The second-order valence-electron chi connectivity index (χ2n) is 4.42. The van der Waals surface area contributed by atoms with Crippen molar-refractivity contribution in [3.05, 3.63) is 56.9 Å². The van der Waals surface area contributed by atoms with Crippen molar-refractivity contribution in [3.63, 3.8) is 0 Å². The fourth-order valence-corrected chi connectivity index (χ4v) is 3.24. The van der Waals surface area contributed by atoms with Crippen LogP contribution in [0, 0.1) is 3.57 Å². The molecule has 0 radical (unpaired) electrons. The maximum Gasteiger partial charge on any atom is 0.193 e. The predicted molar refractivity (Wildman–Crippen MR) is 87.7 cm³/mol. The van der Waals surface area contributed by atoms with E-state index in [0.29, 0.717) is 6.04 Å². The summed E-state index contributed by atoms with van der Waals surface area (Å²) in [5, 5.41) is 5.43. The van der Waals surface area contributed by atoms with Crippen LogP contribution in [0.25, 0.3) is 4.96 Å². The fraction of sp³-hybridized carbons (Fsp3) is 0.214. The Labute approximate surface area is 129 Å². The Balaban J connectivity index is 1.83. The Morgan fingerprint density at radius 2 is 2.16 bits per heavy atom. The van der Waals surface area contributed by atoms with Crippen LogP contribution in [0.3, 0.4) is 0 Å². The maximum atomic E-state index is 4.64. The van der Waals surface area contributed by atoms with E-state index in [0.717, 1.165) is 17.1 Å². The molecule has 1 atom stereocenters. The largest absolute Gasteiger partial charge is 0.313 e. The smallest absolute Gasteiger partial charge is 0.193 e. The number of halogens is 1. The van der Waals surface area contributed by atoms with Gasteiger partial charge in [0.15, 0.2) is 4.96 Å². The third-order valence-electron chi connectivity index (χ3n) is 3.18. The van der Waals surface area contributed by atoms with Crippen molar-refractivity contribution in [1.29, 1.82) is 0 Å². The lowest BCUT2D eigenvalue weighted by atomic mass is 10.0. The van der Waals surface area contributed by atoms with Gasteiger partial charge in [0.2, 0.25) is 0 Å². The first-order valence-electron chi connectivity index (χ1n) is 6.10. The molecule has 0 spiro atoms. The van der Waals surface area contributed by atoms with Gasteiger partial charge in [0.25, 0.3) is 0 Å². The number of rotatable bonds is 4. The molecule has 1 N–H and O–H groups in total. The van der Waals surface area contributed by atoms with Gasteiger partial charge >= 0.3 is 0 Å². The Morgan fingerprint density at radius 1 is 1.37 bits per heavy atom. The topological polar surface area (TPSA) is 29.3 Å². The molecule has 0 aliphatic rings. The van der Waals surface area contributed by atoms with Gasteiger partial charge in [0, 0.05) is 33.8 Å². The van der Waals surface area contributed by atoms with E-state index in [1.807, 2.05) is 7.05 Å². The highest BCUT2D eigenvalue weighted by atomic mass is 127. The van der Waals surface area contributed by atoms with Crippen LogP contribution < -0.4 is 5.32 Å². The standard InChI is InChI=1S/C14H14IN3S/c1-16-13(10-2-4-11(15)5-3-10)8-12-9-18-6-7-19-14(18)17-12/h2-7,9,13,16H,8H2,1H3. The zero-order valence-electron chi connectivity index (χ0n) is 10.5. The molecule has 0 fully saturated rings. The minimum absolute atomic E-state index is 0.307. The number of aromatic nitrogens is 2. The van der Waals surface area contributed by atoms with Gasteiger partial charge in [-0.15, -0.1) is 11.3 Å². The van der Waals surface area contributed by atoms with Gasteiger partial charge < -0.3 is 5.32 Å². The lowest BCUT2D eigenvalue weighted by Gasteiger charge is -2.15. The molecule has 0 aliphatic carbocycles. The van der Waals surface area contributed by atoms with Gasteiger partial charge in [-0.3, -0.25) is 4.40 Å². The van der Waals surface area contributed by atoms with Crippen molar-refractivity contribution in [2.24, 2.45) is 0 Å². The highest BCUT2D eigenvalue weighted by Gasteiger charge is 2.12. The van der Waals surface area contributed by atoms with Crippen LogP contribution in [0.2, 0.25) is 0 Å². The number of likely N-dealkylation sites (N-methyl/N-ethyl adjacent to an activating group) is 1. The Kier molecular flexibility index (Phi) is 3.86. The minimum Gasteiger partial charge on any atom is -0.313 e. The molecule has 0 bridgehead atoms. The SMILES string of the molecule is CNC(Cc1cn2ccsc2n1)c1ccc(I)cc1. The molecular weight excluding hydrogens is 369 g/mol. The summed E-state index contributed by atoms with van der Waals surface area (Å²) in [6.45, 7) is 0. The number of imidazole rings is 1. The molecule has 19 heavy (non-hydrogen) atoms. The first-order valence-corrected chi connectivity index (χ1v) is 8.06. The number of fused-ring (bicyclic) bond motifs is 1. The Bertz CT molecular complexity index is 643. The van der Waals surface area contributed by atoms with Crippen molar-refractivity contribution >= 4 is 38.9 Å². The molecule has 3 nitrogen and oxygen atoms in total. The molecule has 1 unspecified atom stereocenters. The average Bonchev–Trinajstić information content (AvgIpc) is 2.98. The van der Waals surface area contributed by atoms with Crippen molar-refractivity contribution in [2.75, 3.05) is 7.05 Å². The van der Waals surface area contributed by atoms with Gasteiger partial charge in [0.05, 0.1) is 5.69 Å². The van der Waals surface area contributed by atoms with E-state index in [2.05, 4.69) is 79.3 Å². The zero-order chi connectivity index (χ0) is 13.2. The van der Waals surface area contributed by atoms with E-state index in [9.17, 15) is 0 Å². The molecule has 3 aromatic rings. The summed E-state index contributed by atoms with van der Waals surface area (Å²) in [6, 6.07) is 8.96. The number of nitrogens with one attached hydrogen (secondary N) is 1. The van der Waals surface area contributed by atoms with E-state index in [1.165, 1.54) is 9.13 Å². The van der Waals surface area contributed by atoms with Gasteiger partial charge in [-0.25, -0.2) is 4.98 Å². The van der Waals surface area contributed by atoms with E-state index in [1.54, 1.807) is 11.3 Å². The fourth-order valence-electron chi connectivity index (χ4n) is 2.17. The van der Waals surface area contributed by atoms with E-state index >= 15 is 0 Å². The minimum atomic E-state index is 0.307. The molecule has 2 aromatic heterocycles. The molecule has 5 heteroatoms. The second kappa shape index (κ2) is 5.60. The van der Waals surface area contributed by atoms with Gasteiger partial charge in [0.1, 0.15) is 0 Å². The van der Waals surface area contributed by atoms with Crippen LogP contribution in [0.5, 0.6) is 0 Å². The monoisotopic (exact) mass is 383 g/mol. The first kappa shape index (κ1) is 13.1. The summed E-state index contributed by atoms with van der Waals surface area (Å²) in [5.74, 6) is 0. The highest BCUT2D eigenvalue weighted by Crippen LogP contribution is 2.20. The molecular formula is C14H14IN3S. The molecule has 0 saturated carbocycles. The van der Waals surface area contributed by atoms with Crippen molar-refractivity contribution in [2.45, 2.75) is 12.5 Å². The predicted octanol–water partition coefficient (Wildman–Crippen LogP) is 3.50. The Hall–Kier alpha value is -0.920. The average molecular weight is 383 g/mol. The first-order chi connectivity index (χ1) is 9.26. The zero-order valence-corrected chi connectivity index (χ0v) is 13.5. The molecule has 0 aliphatic heterocycles. The summed E-state index contributed by atoms with van der Waals surface area (Å²) in [4.78, 5) is 5.71. The lowest BCUT2D eigenvalue weighted by molar-refractivity contribution is 0.586. The third kappa shape index (κ3) is 2.82. The summed E-state index contributed by atoms with van der Waals surface area (Å²) in [5.41, 5.74) is 2.43. The van der Waals surface area contributed by atoms with Crippen molar-refractivity contribution in [1.82, 2.24) is 14.7 Å². The van der Waals surface area contributed by atoms with Gasteiger partial charge in [-0.1, -0.05) is 12.1 Å². The van der Waals surface area contributed by atoms with E-state index in [-0.39, 0.29) is 0 Å². The van der Waals surface area contributed by atoms with Crippen LogP contribution in [0.15, 0.2) is 42.0 Å². The quantitative estimate of drug-likeness (QED) is 0.699. The Morgan fingerprint density at radius 3 is 2.84 bits per heavy atom. The molecule has 0 amide bonds. The number of thiazole rings is 1. The summed E-state index contributed by atoms with van der Waals surface area (Å²) >= 11 is 4.00. The molecule has 2 heterocycles. The lowest BCUT2D eigenvalue weighted by Crippen LogP contribution is -2.18. The highest BCUT2D eigenvalue weighted by molar-refractivity contribution is 14.1. The van der Waals surface area contributed by atoms with Crippen LogP contribution in [-0.2, 0) is 6.42 Å². The van der Waals surface area contributed by atoms with E-state index < -0.39 is 0 Å². The number of hydrogen-bond donors (Lipinski definition) is 1. The third-order valence-corrected chi connectivity index (χ3v) is 4.67. The normalized spacial score (nSPS) is 12.9. The number of nitrogens with zero attached hydrogens (tertiary/aromatic N) is 2. The summed E-state index contributed by atoms with van der Waals surface area (Å²) in [6.07, 6.45) is 5.07. The summed E-state index contributed by atoms with van der Waals surface area (Å²) in [7, 11) is 2.00. The number of hydrogen-bond acceptors (Lipinski definition) is 3. The van der Waals surface area contributed by atoms with Crippen molar-refractivity contribution in [3.8, 4) is 0 Å². The van der Waals surface area contributed by atoms with Crippen LogP contribution in [0.1, 0.15) is 17.3 Å². The molecule has 98 valence electrons. The maximum absolute atomic E-state index is 4.64. The molecule has 0 saturated heterocycles. The molecule has 1 aromatic carbocycles. The van der Waals surface area contributed by atoms with Gasteiger partial charge in [-0.05, 0) is 47.3 Å². The second-order valence-corrected chi connectivity index (χ2v) is 6.54. The number of benzene rings is 1. The van der Waals surface area contributed by atoms with Crippen LogP contribution >= 0.6 is 33.9 Å². The van der Waals surface area contributed by atoms with E-state index in [4.69, 9.17) is 0 Å². The molecule has 3 rings (SSSR count). The van der Waals surface area contributed by atoms with Crippen LogP contribution in [-0.4, -0.2) is 16.4 Å². The van der Waals surface area contributed by atoms with Gasteiger partial charge in [-0.2, -0.15) is 0 Å².